The number of alkyl halides is 2. The van der Waals surface area contributed by atoms with Crippen LogP contribution < -0.4 is 10.2 Å². The van der Waals surface area contributed by atoms with Gasteiger partial charge in [0.15, 0.2) is 5.69 Å². The molecule has 1 atom stereocenters. The summed E-state index contributed by atoms with van der Waals surface area (Å²) in [6, 6.07) is 5.73. The minimum Gasteiger partial charge on any atom is -0.378 e. The third-order valence-corrected chi connectivity index (χ3v) is 10.7. The fourth-order valence-corrected chi connectivity index (χ4v) is 7.70. The summed E-state index contributed by atoms with van der Waals surface area (Å²) >= 11 is 0. The molecular formula is C36H44F3N9O5. The van der Waals surface area contributed by atoms with E-state index < -0.39 is 24.1 Å². The van der Waals surface area contributed by atoms with Gasteiger partial charge in [0.25, 0.3) is 12.3 Å². The lowest BCUT2D eigenvalue weighted by Crippen LogP contribution is -2.49. The molecule has 4 aliphatic rings. The van der Waals surface area contributed by atoms with Crippen LogP contribution >= 0.6 is 0 Å². The van der Waals surface area contributed by atoms with Crippen molar-refractivity contribution < 1.29 is 37.1 Å². The number of anilines is 1. The van der Waals surface area contributed by atoms with E-state index in [0.29, 0.717) is 103 Å². The number of carbonyl (C=O) groups is 4. The SMILES string of the molecule is O=C1CCC(c2cc(C(=O)N3CCN(CCCC(=O)N4CCC(n5cc(-n6nccc6N6CCOCC6)c(C(F)F)n5)CC4)CC3)ccc2F)C(=O)N1. The molecule has 2 aromatic heterocycles. The number of aromatic nitrogens is 4. The molecule has 7 rings (SSSR count). The maximum atomic E-state index is 14.7. The zero-order valence-electron chi connectivity index (χ0n) is 29.5. The molecule has 6 heterocycles. The number of amides is 4. The van der Waals surface area contributed by atoms with Crippen LogP contribution in [0.5, 0.6) is 0 Å². The lowest BCUT2D eigenvalue weighted by atomic mass is 9.89. The molecule has 0 saturated carbocycles. The monoisotopic (exact) mass is 739 g/mol. The fraction of sp³-hybridized carbons (Fsp3) is 0.556. The first-order valence-corrected chi connectivity index (χ1v) is 18.3. The van der Waals surface area contributed by atoms with Crippen LogP contribution in [0.25, 0.3) is 5.69 Å². The van der Waals surface area contributed by atoms with Gasteiger partial charge >= 0.3 is 0 Å². The van der Waals surface area contributed by atoms with Crippen molar-refractivity contribution in [2.45, 2.75) is 56.9 Å². The number of hydrogen-bond acceptors (Lipinski definition) is 9. The molecule has 17 heteroatoms. The summed E-state index contributed by atoms with van der Waals surface area (Å²) in [7, 11) is 0. The van der Waals surface area contributed by atoms with Crippen molar-refractivity contribution in [1.82, 2.24) is 39.6 Å². The maximum Gasteiger partial charge on any atom is 0.284 e. The van der Waals surface area contributed by atoms with Gasteiger partial charge in [-0.3, -0.25) is 34.1 Å². The Labute approximate surface area is 304 Å². The number of benzene rings is 1. The standard InChI is InChI=1S/C36H44F3N9O5/c37-28-5-3-24(22-27(28)26-4-6-30(49)41-35(26)51)36(52)46-16-14-43(15-17-46)11-1-2-32(50)45-12-8-25(9-13-45)47-23-29(33(42-47)34(38)39)48-31(7-10-40-48)44-18-20-53-21-19-44/h3,5,7,10,22-23,25-26,34H,1-2,4,6,8-9,11-21H2,(H,41,49,51). The van der Waals surface area contributed by atoms with Crippen molar-refractivity contribution in [3.63, 3.8) is 0 Å². The van der Waals surface area contributed by atoms with Crippen LogP contribution in [-0.4, -0.2) is 130 Å². The third-order valence-electron chi connectivity index (χ3n) is 10.7. The average molecular weight is 740 g/mol. The summed E-state index contributed by atoms with van der Waals surface area (Å²) in [5.41, 5.74) is 0.353. The molecule has 4 fully saturated rings. The second-order valence-electron chi connectivity index (χ2n) is 14.0. The molecule has 0 spiro atoms. The molecule has 1 aromatic carbocycles. The van der Waals surface area contributed by atoms with E-state index in [0.717, 1.165) is 5.82 Å². The topological polar surface area (TPSA) is 138 Å². The van der Waals surface area contributed by atoms with Crippen LogP contribution in [0.15, 0.2) is 36.7 Å². The normalized spacial score (nSPS) is 20.7. The number of nitrogens with zero attached hydrogens (tertiary/aromatic N) is 8. The number of nitrogens with one attached hydrogen (secondary N) is 1. The molecule has 0 radical (unpaired) electrons. The molecule has 4 saturated heterocycles. The van der Waals surface area contributed by atoms with Gasteiger partial charge in [0.1, 0.15) is 17.3 Å². The zero-order valence-corrected chi connectivity index (χ0v) is 29.5. The second kappa shape index (κ2) is 16.1. The van der Waals surface area contributed by atoms with Crippen LogP contribution in [-0.2, 0) is 19.1 Å². The number of piperazine rings is 1. The van der Waals surface area contributed by atoms with E-state index in [-0.39, 0.29) is 53.5 Å². The van der Waals surface area contributed by atoms with Gasteiger partial charge in [-0.15, -0.1) is 0 Å². The fourth-order valence-electron chi connectivity index (χ4n) is 7.70. The van der Waals surface area contributed by atoms with E-state index in [1.807, 2.05) is 11.0 Å². The van der Waals surface area contributed by atoms with Crippen molar-refractivity contribution in [1.29, 1.82) is 0 Å². The molecule has 0 aliphatic carbocycles. The summed E-state index contributed by atoms with van der Waals surface area (Å²) in [5.74, 6) is -1.81. The maximum absolute atomic E-state index is 14.7. The van der Waals surface area contributed by atoms with Crippen molar-refractivity contribution in [2.24, 2.45) is 0 Å². The third kappa shape index (κ3) is 8.10. The molecule has 1 unspecified atom stereocenters. The Bertz CT molecular complexity index is 1810. The molecule has 284 valence electrons. The zero-order chi connectivity index (χ0) is 37.1. The summed E-state index contributed by atoms with van der Waals surface area (Å²) in [4.78, 5) is 58.1. The number of piperidine rings is 2. The molecular weight excluding hydrogens is 695 g/mol. The van der Waals surface area contributed by atoms with Crippen molar-refractivity contribution in [3.05, 3.63) is 59.3 Å². The van der Waals surface area contributed by atoms with Gasteiger partial charge in [-0.05, 0) is 50.4 Å². The Balaban J connectivity index is 0.860. The minimum atomic E-state index is -2.77. The first-order valence-electron chi connectivity index (χ1n) is 18.3. The summed E-state index contributed by atoms with van der Waals surface area (Å²) in [5, 5.41) is 10.9. The molecule has 4 amide bonds. The quantitative estimate of drug-likeness (QED) is 0.311. The smallest absolute Gasteiger partial charge is 0.284 e. The van der Waals surface area contributed by atoms with Gasteiger partial charge < -0.3 is 19.4 Å². The Morgan fingerprint density at radius 2 is 1.70 bits per heavy atom. The number of rotatable bonds is 10. The average Bonchev–Trinajstić information content (AvgIpc) is 3.84. The van der Waals surface area contributed by atoms with Crippen molar-refractivity contribution >= 4 is 29.4 Å². The van der Waals surface area contributed by atoms with E-state index >= 15 is 0 Å². The highest BCUT2D eigenvalue weighted by Gasteiger charge is 2.32. The Hall–Kier alpha value is -4.77. The lowest BCUT2D eigenvalue weighted by molar-refractivity contribution is -0.134. The van der Waals surface area contributed by atoms with E-state index in [2.05, 4.69) is 25.3 Å². The van der Waals surface area contributed by atoms with Gasteiger partial charge in [-0.1, -0.05) is 0 Å². The number of halogens is 3. The van der Waals surface area contributed by atoms with Crippen LogP contribution in [0.2, 0.25) is 0 Å². The number of hydrogen-bond donors (Lipinski definition) is 1. The predicted octanol–water partition coefficient (Wildman–Crippen LogP) is 2.90. The number of ether oxygens (including phenoxy) is 1. The Morgan fingerprint density at radius 1 is 0.943 bits per heavy atom. The van der Waals surface area contributed by atoms with E-state index in [1.165, 1.54) is 22.9 Å². The van der Waals surface area contributed by atoms with Crippen LogP contribution in [0.4, 0.5) is 19.0 Å². The Morgan fingerprint density at radius 3 is 2.42 bits per heavy atom. The minimum absolute atomic E-state index is 0.0570. The van der Waals surface area contributed by atoms with Crippen molar-refractivity contribution in [3.8, 4) is 5.69 Å². The second-order valence-corrected chi connectivity index (χ2v) is 14.0. The summed E-state index contributed by atoms with van der Waals surface area (Å²) < 4.78 is 51.6. The number of morpholine rings is 1. The molecule has 4 aliphatic heterocycles. The van der Waals surface area contributed by atoms with Gasteiger partial charge in [0.05, 0.1) is 37.6 Å². The molecule has 0 bridgehead atoms. The van der Waals surface area contributed by atoms with Gasteiger partial charge in [0, 0.05) is 82.4 Å². The predicted molar refractivity (Wildman–Crippen MR) is 185 cm³/mol. The summed E-state index contributed by atoms with van der Waals surface area (Å²) in [6.45, 7) is 6.34. The number of likely N-dealkylation sites (tertiary alicyclic amines) is 1. The van der Waals surface area contributed by atoms with Gasteiger partial charge in [-0.2, -0.15) is 10.2 Å². The Kier molecular flexibility index (Phi) is 11.1. The first-order chi connectivity index (χ1) is 25.7. The van der Waals surface area contributed by atoms with E-state index in [1.54, 1.807) is 22.0 Å². The van der Waals surface area contributed by atoms with Crippen LogP contribution in [0, 0.1) is 5.82 Å². The van der Waals surface area contributed by atoms with Crippen molar-refractivity contribution in [2.75, 3.05) is 77.0 Å². The molecule has 3 aromatic rings. The number of imide groups is 1. The highest BCUT2D eigenvalue weighted by Crippen LogP contribution is 2.32. The summed E-state index contributed by atoms with van der Waals surface area (Å²) in [6.07, 6.45) is 3.03. The molecule has 1 N–H and O–H groups in total. The van der Waals surface area contributed by atoms with Gasteiger partial charge in [-0.25, -0.2) is 17.9 Å². The highest BCUT2D eigenvalue weighted by atomic mass is 19.3. The molecule has 14 nitrogen and oxygen atoms in total. The van der Waals surface area contributed by atoms with E-state index in [9.17, 15) is 32.3 Å². The molecule has 53 heavy (non-hydrogen) atoms. The number of carbonyl (C=O) groups excluding carboxylic acids is 4. The largest absolute Gasteiger partial charge is 0.378 e. The van der Waals surface area contributed by atoms with Crippen LogP contribution in [0.3, 0.4) is 0 Å². The van der Waals surface area contributed by atoms with Gasteiger partial charge in [0.2, 0.25) is 17.7 Å². The highest BCUT2D eigenvalue weighted by molar-refractivity contribution is 6.01. The van der Waals surface area contributed by atoms with E-state index in [4.69, 9.17) is 4.74 Å². The van der Waals surface area contributed by atoms with Crippen LogP contribution in [0.1, 0.15) is 78.5 Å². The first kappa shape index (κ1) is 36.6. The lowest BCUT2D eigenvalue weighted by Gasteiger charge is -2.35.